The number of fused-ring (bicyclic) bond motifs is 1. The molecule has 1 fully saturated rings. The van der Waals surface area contributed by atoms with Gasteiger partial charge in [-0.3, -0.25) is 9.69 Å². The summed E-state index contributed by atoms with van der Waals surface area (Å²) in [6.07, 6.45) is 1.17. The number of hydrogen-bond donors (Lipinski definition) is 0. The van der Waals surface area contributed by atoms with Crippen LogP contribution in [0.3, 0.4) is 0 Å². The molecule has 0 spiro atoms. The third kappa shape index (κ3) is 2.45. The van der Waals surface area contributed by atoms with Gasteiger partial charge in [0.15, 0.2) is 5.69 Å². The van der Waals surface area contributed by atoms with Crippen LogP contribution in [0.4, 0.5) is 0 Å². The number of ether oxygens (including phenoxy) is 1. The van der Waals surface area contributed by atoms with Gasteiger partial charge in [-0.1, -0.05) is 6.92 Å². The number of carbonyl (C=O) groups is 1. The van der Waals surface area contributed by atoms with E-state index in [1.807, 2.05) is 4.90 Å². The molecule has 0 atom stereocenters. The molecule has 6 heteroatoms. The molecule has 6 nitrogen and oxygen atoms in total. The van der Waals surface area contributed by atoms with Gasteiger partial charge in [0.05, 0.1) is 6.54 Å². The third-order valence-corrected chi connectivity index (χ3v) is 3.71. The number of nitrogens with zero attached hydrogens (tertiary/aromatic N) is 4. The minimum atomic E-state index is 0.0293. The second-order valence-electron chi connectivity index (χ2n) is 5.07. The van der Waals surface area contributed by atoms with Gasteiger partial charge in [0.25, 0.3) is 5.91 Å². The molecular formula is C13H20N4O2. The lowest BCUT2D eigenvalue weighted by Crippen LogP contribution is -2.48. The van der Waals surface area contributed by atoms with Crippen molar-refractivity contribution in [2.24, 2.45) is 0 Å². The Morgan fingerprint density at radius 1 is 1.32 bits per heavy atom. The summed E-state index contributed by atoms with van der Waals surface area (Å²) in [4.78, 5) is 16.6. The topological polar surface area (TPSA) is 50.6 Å². The van der Waals surface area contributed by atoms with Gasteiger partial charge in [-0.05, 0) is 13.0 Å². The van der Waals surface area contributed by atoms with Crippen molar-refractivity contribution in [2.75, 3.05) is 39.3 Å². The van der Waals surface area contributed by atoms with Gasteiger partial charge in [-0.25, -0.2) is 4.68 Å². The van der Waals surface area contributed by atoms with E-state index in [2.05, 4.69) is 16.9 Å². The number of aromatic nitrogens is 2. The van der Waals surface area contributed by atoms with Crippen molar-refractivity contribution in [1.82, 2.24) is 19.6 Å². The number of hydrogen-bond acceptors (Lipinski definition) is 4. The first kappa shape index (κ1) is 12.5. The highest BCUT2D eigenvalue weighted by Gasteiger charge is 2.25. The predicted molar refractivity (Wildman–Crippen MR) is 70.4 cm³/mol. The summed E-state index contributed by atoms with van der Waals surface area (Å²) in [6, 6.07) is 1.76. The lowest BCUT2D eigenvalue weighted by Gasteiger charge is -2.34. The van der Waals surface area contributed by atoms with Crippen LogP contribution >= 0.6 is 0 Å². The molecule has 0 aliphatic carbocycles. The largest absolute Gasteiger partial charge is 0.476 e. The summed E-state index contributed by atoms with van der Waals surface area (Å²) >= 11 is 0. The van der Waals surface area contributed by atoms with E-state index in [4.69, 9.17) is 4.74 Å². The van der Waals surface area contributed by atoms with Crippen LogP contribution in [0, 0.1) is 0 Å². The van der Waals surface area contributed by atoms with Crippen molar-refractivity contribution in [3.8, 4) is 5.88 Å². The highest BCUT2D eigenvalue weighted by molar-refractivity contribution is 5.92. The SMILES string of the molecule is CCCN1CCN(C(=O)c2cc3n(n2)CCO3)CC1. The highest BCUT2D eigenvalue weighted by atomic mass is 16.5. The van der Waals surface area contributed by atoms with E-state index in [1.165, 1.54) is 6.42 Å². The van der Waals surface area contributed by atoms with Gasteiger partial charge in [0.1, 0.15) is 6.61 Å². The van der Waals surface area contributed by atoms with Gasteiger partial charge < -0.3 is 9.64 Å². The lowest BCUT2D eigenvalue weighted by molar-refractivity contribution is 0.0630. The Labute approximate surface area is 112 Å². The maximum Gasteiger partial charge on any atom is 0.274 e. The van der Waals surface area contributed by atoms with Crippen molar-refractivity contribution in [3.63, 3.8) is 0 Å². The van der Waals surface area contributed by atoms with Crippen LogP contribution in [0.5, 0.6) is 5.88 Å². The number of amides is 1. The van der Waals surface area contributed by atoms with E-state index in [9.17, 15) is 4.79 Å². The zero-order valence-corrected chi connectivity index (χ0v) is 11.3. The first-order valence-corrected chi connectivity index (χ1v) is 7.00. The zero-order valence-electron chi connectivity index (χ0n) is 11.3. The first-order chi connectivity index (χ1) is 9.28. The summed E-state index contributed by atoms with van der Waals surface area (Å²) in [7, 11) is 0. The van der Waals surface area contributed by atoms with E-state index in [1.54, 1.807) is 10.7 Å². The van der Waals surface area contributed by atoms with Gasteiger partial charge in [0.2, 0.25) is 5.88 Å². The van der Waals surface area contributed by atoms with E-state index in [-0.39, 0.29) is 5.91 Å². The van der Waals surface area contributed by atoms with Crippen molar-refractivity contribution in [1.29, 1.82) is 0 Å². The summed E-state index contributed by atoms with van der Waals surface area (Å²) < 4.78 is 7.15. The summed E-state index contributed by atoms with van der Waals surface area (Å²) in [5.74, 6) is 0.745. The Morgan fingerprint density at radius 2 is 2.11 bits per heavy atom. The molecule has 0 aromatic carbocycles. The molecule has 2 aliphatic rings. The molecule has 104 valence electrons. The molecule has 3 heterocycles. The Balaban J connectivity index is 1.61. The van der Waals surface area contributed by atoms with Crippen LogP contribution in [0.2, 0.25) is 0 Å². The lowest BCUT2D eigenvalue weighted by atomic mass is 10.2. The number of piperazine rings is 1. The minimum absolute atomic E-state index is 0.0293. The first-order valence-electron chi connectivity index (χ1n) is 7.00. The maximum atomic E-state index is 12.3. The summed E-state index contributed by atoms with van der Waals surface area (Å²) in [5, 5.41) is 4.31. The van der Waals surface area contributed by atoms with Gasteiger partial charge in [-0.2, -0.15) is 5.10 Å². The fourth-order valence-electron chi connectivity index (χ4n) is 2.67. The molecule has 0 N–H and O–H groups in total. The van der Waals surface area contributed by atoms with Crippen LogP contribution in [0.1, 0.15) is 23.8 Å². The molecule has 0 unspecified atom stereocenters. The van der Waals surface area contributed by atoms with Crippen molar-refractivity contribution in [2.45, 2.75) is 19.9 Å². The Bertz CT molecular complexity index is 442. The van der Waals surface area contributed by atoms with Gasteiger partial charge in [-0.15, -0.1) is 0 Å². The molecule has 1 aromatic heterocycles. The molecule has 0 saturated carbocycles. The van der Waals surface area contributed by atoms with Gasteiger partial charge >= 0.3 is 0 Å². The number of carbonyl (C=O) groups excluding carboxylic acids is 1. The van der Waals surface area contributed by atoms with Crippen LogP contribution in [0.25, 0.3) is 0 Å². The molecule has 1 saturated heterocycles. The van der Waals surface area contributed by atoms with Crippen LogP contribution < -0.4 is 4.74 Å². The van der Waals surface area contributed by atoms with Crippen LogP contribution in [-0.4, -0.2) is 64.8 Å². The summed E-state index contributed by atoms with van der Waals surface area (Å²) in [6.45, 7) is 8.22. The second-order valence-corrected chi connectivity index (χ2v) is 5.07. The van der Waals surface area contributed by atoms with E-state index >= 15 is 0 Å². The predicted octanol–water partition coefficient (Wildman–Crippen LogP) is 0.443. The molecule has 1 aromatic rings. The molecule has 19 heavy (non-hydrogen) atoms. The summed E-state index contributed by atoms with van der Waals surface area (Å²) in [5.41, 5.74) is 0.513. The molecule has 3 rings (SSSR count). The molecule has 2 aliphatic heterocycles. The smallest absolute Gasteiger partial charge is 0.274 e. The molecule has 0 radical (unpaired) electrons. The van der Waals surface area contributed by atoms with Crippen molar-refractivity contribution < 1.29 is 9.53 Å². The average molecular weight is 264 g/mol. The van der Waals surface area contributed by atoms with Gasteiger partial charge in [0, 0.05) is 32.2 Å². The maximum absolute atomic E-state index is 12.3. The third-order valence-electron chi connectivity index (χ3n) is 3.71. The van der Waals surface area contributed by atoms with Crippen molar-refractivity contribution >= 4 is 5.91 Å². The fourth-order valence-corrected chi connectivity index (χ4v) is 2.67. The Hall–Kier alpha value is -1.56. The second kappa shape index (κ2) is 5.21. The molecular weight excluding hydrogens is 244 g/mol. The van der Waals surface area contributed by atoms with Crippen molar-refractivity contribution in [3.05, 3.63) is 11.8 Å². The standard InChI is InChI=1S/C13H20N4O2/c1-2-3-15-4-6-16(7-5-15)13(18)11-10-12-17(14-11)8-9-19-12/h10H,2-9H2,1H3. The Kier molecular flexibility index (Phi) is 3.42. The van der Waals surface area contributed by atoms with Crippen LogP contribution in [-0.2, 0) is 6.54 Å². The Morgan fingerprint density at radius 3 is 2.79 bits per heavy atom. The number of rotatable bonds is 3. The normalized spacial score (nSPS) is 19.3. The quantitative estimate of drug-likeness (QED) is 0.795. The van der Waals surface area contributed by atoms with Crippen LogP contribution in [0.15, 0.2) is 6.07 Å². The molecule has 1 amide bonds. The molecule has 0 bridgehead atoms. The van der Waals surface area contributed by atoms with E-state index in [0.717, 1.165) is 39.3 Å². The highest BCUT2D eigenvalue weighted by Crippen LogP contribution is 2.19. The van der Waals surface area contributed by atoms with E-state index in [0.29, 0.717) is 18.2 Å². The minimum Gasteiger partial charge on any atom is -0.476 e. The van der Waals surface area contributed by atoms with E-state index < -0.39 is 0 Å². The zero-order chi connectivity index (χ0) is 13.2. The average Bonchev–Trinajstić information content (AvgIpc) is 3.00. The monoisotopic (exact) mass is 264 g/mol. The fraction of sp³-hybridized carbons (Fsp3) is 0.692.